The highest BCUT2D eigenvalue weighted by Crippen LogP contribution is 2.25. The van der Waals surface area contributed by atoms with E-state index in [9.17, 15) is 4.79 Å². The molecular weight excluding hydrogens is 230 g/mol. The number of esters is 1. The summed E-state index contributed by atoms with van der Waals surface area (Å²) in [7, 11) is 3.24. The molecule has 0 bridgehead atoms. The summed E-state index contributed by atoms with van der Waals surface area (Å²) in [6, 6.07) is 5.26. The van der Waals surface area contributed by atoms with Crippen molar-refractivity contribution in [1.82, 2.24) is 5.32 Å². The molecule has 5 heteroatoms. The van der Waals surface area contributed by atoms with E-state index in [1.54, 1.807) is 32.4 Å². The summed E-state index contributed by atoms with van der Waals surface area (Å²) in [5.74, 6) is 0.307. The third kappa shape index (κ3) is 3.72. The van der Waals surface area contributed by atoms with E-state index < -0.39 is 0 Å². The van der Waals surface area contributed by atoms with Crippen LogP contribution in [0.4, 0.5) is 0 Å². The number of rotatable bonds is 5. The molecule has 16 heavy (non-hydrogen) atoms. The first-order chi connectivity index (χ1) is 7.67. The highest BCUT2D eigenvalue weighted by molar-refractivity contribution is 6.32. The number of likely N-dealkylation sites (N-methyl/N-ethyl adjacent to an activating group) is 1. The lowest BCUT2D eigenvalue weighted by Gasteiger charge is -2.07. The van der Waals surface area contributed by atoms with Crippen LogP contribution in [0.3, 0.4) is 0 Å². The zero-order valence-electron chi connectivity index (χ0n) is 9.25. The minimum Gasteiger partial charge on any atom is -0.495 e. The molecule has 0 unspecified atom stereocenters. The molecule has 0 amide bonds. The summed E-state index contributed by atoms with van der Waals surface area (Å²) < 4.78 is 10.0. The highest BCUT2D eigenvalue weighted by atomic mass is 35.5. The lowest BCUT2D eigenvalue weighted by molar-refractivity contribution is -0.143. The zero-order chi connectivity index (χ0) is 12.0. The van der Waals surface area contributed by atoms with Gasteiger partial charge in [-0.05, 0) is 24.7 Å². The van der Waals surface area contributed by atoms with Crippen molar-refractivity contribution in [2.45, 2.75) is 6.61 Å². The van der Waals surface area contributed by atoms with Crippen LogP contribution in [-0.2, 0) is 16.1 Å². The molecular formula is C11H14ClNO3. The highest BCUT2D eigenvalue weighted by Gasteiger charge is 2.04. The molecule has 1 rings (SSSR count). The van der Waals surface area contributed by atoms with Gasteiger partial charge in [-0.1, -0.05) is 17.7 Å². The van der Waals surface area contributed by atoms with Crippen molar-refractivity contribution >= 4 is 17.6 Å². The number of ether oxygens (including phenoxy) is 2. The van der Waals surface area contributed by atoms with Gasteiger partial charge in [0.05, 0.1) is 18.7 Å². The summed E-state index contributed by atoms with van der Waals surface area (Å²) in [6.07, 6.45) is 0. The fourth-order valence-electron chi connectivity index (χ4n) is 1.16. The van der Waals surface area contributed by atoms with Gasteiger partial charge in [-0.15, -0.1) is 0 Å². The lowest BCUT2D eigenvalue weighted by atomic mass is 10.2. The lowest BCUT2D eigenvalue weighted by Crippen LogP contribution is -2.20. The molecule has 4 nitrogen and oxygen atoms in total. The van der Waals surface area contributed by atoms with Crippen LogP contribution in [-0.4, -0.2) is 26.7 Å². The van der Waals surface area contributed by atoms with Gasteiger partial charge in [0.2, 0.25) is 0 Å². The molecule has 88 valence electrons. The number of hydrogen-bond donors (Lipinski definition) is 1. The molecule has 0 fully saturated rings. The maximum atomic E-state index is 11.1. The van der Waals surface area contributed by atoms with Crippen molar-refractivity contribution in [1.29, 1.82) is 0 Å². The van der Waals surface area contributed by atoms with Crippen molar-refractivity contribution in [2.24, 2.45) is 0 Å². The second kappa shape index (κ2) is 6.35. The molecule has 0 heterocycles. The largest absolute Gasteiger partial charge is 0.495 e. The van der Waals surface area contributed by atoms with Crippen molar-refractivity contribution in [3.8, 4) is 5.75 Å². The van der Waals surface area contributed by atoms with E-state index in [4.69, 9.17) is 21.1 Å². The van der Waals surface area contributed by atoms with E-state index in [0.717, 1.165) is 5.56 Å². The van der Waals surface area contributed by atoms with E-state index in [0.29, 0.717) is 10.8 Å². The average molecular weight is 244 g/mol. The standard InChI is InChI=1S/C11H14ClNO3/c1-13-6-11(14)16-7-8-3-4-10(15-2)9(12)5-8/h3-5,13H,6-7H2,1-2H3. The van der Waals surface area contributed by atoms with Crippen molar-refractivity contribution in [3.63, 3.8) is 0 Å². The Bertz CT molecular complexity index is 368. The first kappa shape index (κ1) is 12.8. The summed E-state index contributed by atoms with van der Waals surface area (Å²) in [4.78, 5) is 11.1. The van der Waals surface area contributed by atoms with Crippen LogP contribution in [0, 0.1) is 0 Å². The fraction of sp³-hybridized carbons (Fsp3) is 0.364. The molecule has 0 saturated carbocycles. The second-order valence-electron chi connectivity index (χ2n) is 3.16. The normalized spacial score (nSPS) is 9.94. The number of hydrogen-bond acceptors (Lipinski definition) is 4. The molecule has 1 aromatic rings. The number of carbonyl (C=O) groups excluding carboxylic acids is 1. The smallest absolute Gasteiger partial charge is 0.320 e. The summed E-state index contributed by atoms with van der Waals surface area (Å²) in [5.41, 5.74) is 0.829. The number of benzene rings is 1. The number of carbonyl (C=O) groups is 1. The summed E-state index contributed by atoms with van der Waals surface area (Å²) in [5, 5.41) is 3.22. The van der Waals surface area contributed by atoms with Crippen LogP contribution in [0.5, 0.6) is 5.75 Å². The van der Waals surface area contributed by atoms with Gasteiger partial charge in [-0.2, -0.15) is 0 Å². The predicted molar refractivity (Wildman–Crippen MR) is 61.7 cm³/mol. The van der Waals surface area contributed by atoms with Gasteiger partial charge in [-0.25, -0.2) is 0 Å². The van der Waals surface area contributed by atoms with Gasteiger partial charge < -0.3 is 14.8 Å². The maximum absolute atomic E-state index is 11.1. The zero-order valence-corrected chi connectivity index (χ0v) is 10.0. The molecule has 1 aromatic carbocycles. The minimum atomic E-state index is -0.297. The quantitative estimate of drug-likeness (QED) is 0.799. The van der Waals surface area contributed by atoms with Crippen molar-refractivity contribution in [3.05, 3.63) is 28.8 Å². The van der Waals surface area contributed by atoms with Gasteiger partial charge in [0.1, 0.15) is 12.4 Å². The third-order valence-corrected chi connectivity index (χ3v) is 2.23. The predicted octanol–water partition coefficient (Wildman–Crippen LogP) is 1.61. The Morgan fingerprint density at radius 2 is 2.25 bits per heavy atom. The SMILES string of the molecule is CNCC(=O)OCc1ccc(OC)c(Cl)c1. The van der Waals surface area contributed by atoms with Gasteiger partial charge in [0, 0.05) is 0 Å². The van der Waals surface area contributed by atoms with E-state index in [-0.39, 0.29) is 19.1 Å². The Morgan fingerprint density at radius 3 is 2.81 bits per heavy atom. The van der Waals surface area contributed by atoms with Crippen LogP contribution < -0.4 is 10.1 Å². The van der Waals surface area contributed by atoms with Gasteiger partial charge in [0.25, 0.3) is 0 Å². The Labute approximate surface area is 99.5 Å². The molecule has 0 aromatic heterocycles. The first-order valence-corrected chi connectivity index (χ1v) is 5.17. The number of methoxy groups -OCH3 is 1. The number of halogens is 1. The van der Waals surface area contributed by atoms with Crippen molar-refractivity contribution < 1.29 is 14.3 Å². The van der Waals surface area contributed by atoms with E-state index in [2.05, 4.69) is 5.32 Å². The molecule has 0 saturated heterocycles. The molecule has 0 aliphatic heterocycles. The number of nitrogens with one attached hydrogen (secondary N) is 1. The molecule has 0 radical (unpaired) electrons. The maximum Gasteiger partial charge on any atom is 0.320 e. The van der Waals surface area contributed by atoms with E-state index in [1.165, 1.54) is 0 Å². The molecule has 0 atom stereocenters. The van der Waals surface area contributed by atoms with Crippen LogP contribution in [0.1, 0.15) is 5.56 Å². The van der Waals surface area contributed by atoms with Gasteiger partial charge in [-0.3, -0.25) is 4.79 Å². The van der Waals surface area contributed by atoms with Gasteiger partial charge in [0.15, 0.2) is 0 Å². The van der Waals surface area contributed by atoms with Crippen molar-refractivity contribution in [2.75, 3.05) is 20.7 Å². The molecule has 0 aliphatic rings. The van der Waals surface area contributed by atoms with E-state index >= 15 is 0 Å². The molecule has 1 N–H and O–H groups in total. The fourth-order valence-corrected chi connectivity index (χ4v) is 1.44. The Kier molecular flexibility index (Phi) is 5.08. The Hall–Kier alpha value is -1.26. The van der Waals surface area contributed by atoms with Crippen LogP contribution >= 0.6 is 11.6 Å². The monoisotopic (exact) mass is 243 g/mol. The minimum absolute atomic E-state index is 0.198. The van der Waals surface area contributed by atoms with Crippen LogP contribution in [0.15, 0.2) is 18.2 Å². The second-order valence-corrected chi connectivity index (χ2v) is 3.57. The van der Waals surface area contributed by atoms with Crippen LogP contribution in [0.2, 0.25) is 5.02 Å². The summed E-state index contributed by atoms with van der Waals surface area (Å²) in [6.45, 7) is 0.411. The van der Waals surface area contributed by atoms with Crippen LogP contribution in [0.25, 0.3) is 0 Å². The Balaban J connectivity index is 2.55. The molecule has 0 spiro atoms. The third-order valence-electron chi connectivity index (χ3n) is 1.94. The van der Waals surface area contributed by atoms with Gasteiger partial charge >= 0.3 is 5.97 Å². The summed E-state index contributed by atoms with van der Waals surface area (Å²) >= 11 is 5.93. The average Bonchev–Trinajstić information content (AvgIpc) is 2.27. The first-order valence-electron chi connectivity index (χ1n) is 4.80. The Morgan fingerprint density at radius 1 is 1.50 bits per heavy atom. The topological polar surface area (TPSA) is 47.6 Å². The van der Waals surface area contributed by atoms with E-state index in [1.807, 2.05) is 0 Å². The molecule has 0 aliphatic carbocycles.